The lowest BCUT2D eigenvalue weighted by Gasteiger charge is -2.38. The molecule has 110 valence electrons. The predicted octanol–water partition coefficient (Wildman–Crippen LogP) is 2.69. The third-order valence-corrected chi connectivity index (χ3v) is 3.96. The number of hydrogen-bond acceptors (Lipinski definition) is 2. The summed E-state index contributed by atoms with van der Waals surface area (Å²) < 4.78 is 43.1. The fourth-order valence-corrected chi connectivity index (χ4v) is 2.79. The summed E-state index contributed by atoms with van der Waals surface area (Å²) in [5.41, 5.74) is -2.26. The normalized spacial score (nSPS) is 21.3. The molecular weight excluding hydrogens is 351 g/mol. The molecule has 0 saturated carbocycles. The van der Waals surface area contributed by atoms with Gasteiger partial charge in [0, 0.05) is 16.2 Å². The van der Waals surface area contributed by atoms with Gasteiger partial charge in [0.05, 0.1) is 6.54 Å². The van der Waals surface area contributed by atoms with Crippen molar-refractivity contribution in [1.82, 2.24) is 15.1 Å². The molecular formula is C13H9BrF3N3O. The van der Waals surface area contributed by atoms with Crippen molar-refractivity contribution in [2.24, 2.45) is 0 Å². The van der Waals surface area contributed by atoms with E-state index in [-0.39, 0.29) is 17.8 Å². The van der Waals surface area contributed by atoms with Crippen molar-refractivity contribution in [2.45, 2.75) is 18.5 Å². The van der Waals surface area contributed by atoms with Gasteiger partial charge >= 0.3 is 0 Å². The van der Waals surface area contributed by atoms with Crippen molar-refractivity contribution >= 4 is 21.8 Å². The quantitative estimate of drug-likeness (QED) is 0.895. The monoisotopic (exact) mass is 359 g/mol. The van der Waals surface area contributed by atoms with Crippen LogP contribution in [0.25, 0.3) is 0 Å². The second-order valence-corrected chi connectivity index (χ2v) is 5.64. The molecule has 0 aliphatic carbocycles. The number of nitrogens with one attached hydrogen (secondary N) is 1. The van der Waals surface area contributed by atoms with E-state index in [1.165, 1.54) is 24.4 Å². The standard InChI is InChI=1S/C13H9BrF3N3O/c14-7-1-2-9(15)8(5-7)13(12(16)17)6-20-10(3-4-18-20)11(21)19-13/h1-5,12H,6H2,(H,19,21). The van der Waals surface area contributed by atoms with Crippen LogP contribution in [0.4, 0.5) is 13.2 Å². The van der Waals surface area contributed by atoms with Gasteiger partial charge in [-0.25, -0.2) is 13.2 Å². The first-order chi connectivity index (χ1) is 9.94. The number of benzene rings is 1. The van der Waals surface area contributed by atoms with Gasteiger partial charge in [-0.2, -0.15) is 5.10 Å². The third kappa shape index (κ3) is 2.14. The highest BCUT2D eigenvalue weighted by Gasteiger charge is 2.49. The van der Waals surface area contributed by atoms with Crippen molar-refractivity contribution in [2.75, 3.05) is 0 Å². The van der Waals surface area contributed by atoms with E-state index in [1.54, 1.807) is 0 Å². The van der Waals surface area contributed by atoms with Gasteiger partial charge in [-0.05, 0) is 24.3 Å². The number of fused-ring (bicyclic) bond motifs is 1. The zero-order valence-corrected chi connectivity index (χ0v) is 12.1. The van der Waals surface area contributed by atoms with Crippen LogP contribution >= 0.6 is 15.9 Å². The Morgan fingerprint density at radius 3 is 2.86 bits per heavy atom. The van der Waals surface area contributed by atoms with Crippen LogP contribution in [0.2, 0.25) is 0 Å². The Kier molecular flexibility index (Phi) is 3.27. The first-order valence-electron chi connectivity index (χ1n) is 6.02. The average Bonchev–Trinajstić information content (AvgIpc) is 2.89. The molecule has 1 atom stereocenters. The van der Waals surface area contributed by atoms with Gasteiger partial charge in [-0.3, -0.25) is 9.48 Å². The Bertz CT molecular complexity index is 718. The lowest BCUT2D eigenvalue weighted by molar-refractivity contribution is 0.00474. The molecule has 1 aliphatic heterocycles. The molecule has 0 fully saturated rings. The number of aromatic nitrogens is 2. The number of nitrogens with zero attached hydrogens (tertiary/aromatic N) is 2. The molecule has 8 heteroatoms. The SMILES string of the molecule is O=C1NC(c2cc(Br)ccc2F)(C(F)F)Cn2nccc21. The maximum Gasteiger partial charge on any atom is 0.270 e. The Labute approximate surface area is 126 Å². The van der Waals surface area contributed by atoms with E-state index < -0.39 is 23.7 Å². The molecule has 0 spiro atoms. The number of carbonyl (C=O) groups excluding carboxylic acids is 1. The van der Waals surface area contributed by atoms with Crippen molar-refractivity contribution < 1.29 is 18.0 Å². The highest BCUT2D eigenvalue weighted by atomic mass is 79.9. The van der Waals surface area contributed by atoms with Gasteiger partial charge in [-0.15, -0.1) is 0 Å². The minimum absolute atomic E-state index is 0.168. The second-order valence-electron chi connectivity index (χ2n) is 4.72. The summed E-state index contributed by atoms with van der Waals surface area (Å²) in [4.78, 5) is 12.0. The topological polar surface area (TPSA) is 46.9 Å². The van der Waals surface area contributed by atoms with Crippen molar-refractivity contribution in [3.63, 3.8) is 0 Å². The van der Waals surface area contributed by atoms with E-state index in [0.717, 1.165) is 10.7 Å². The highest BCUT2D eigenvalue weighted by molar-refractivity contribution is 9.10. The molecule has 1 unspecified atom stereocenters. The van der Waals surface area contributed by atoms with Crippen LogP contribution in [0, 0.1) is 5.82 Å². The van der Waals surface area contributed by atoms with Gasteiger partial charge in [0.15, 0.2) is 0 Å². The van der Waals surface area contributed by atoms with E-state index in [1.807, 2.05) is 0 Å². The fraction of sp³-hybridized carbons (Fsp3) is 0.231. The maximum atomic E-state index is 14.1. The van der Waals surface area contributed by atoms with Crippen LogP contribution in [0.1, 0.15) is 16.1 Å². The molecule has 1 aromatic carbocycles. The minimum atomic E-state index is -3.00. The summed E-state index contributed by atoms with van der Waals surface area (Å²) in [6.07, 6.45) is -1.66. The Hall–Kier alpha value is -1.83. The molecule has 4 nitrogen and oxygen atoms in total. The molecule has 0 bridgehead atoms. The van der Waals surface area contributed by atoms with E-state index in [9.17, 15) is 18.0 Å². The Morgan fingerprint density at radius 2 is 2.14 bits per heavy atom. The number of hydrogen-bond donors (Lipinski definition) is 1. The molecule has 2 heterocycles. The first kappa shape index (κ1) is 14.1. The van der Waals surface area contributed by atoms with Crippen LogP contribution in [-0.4, -0.2) is 22.1 Å². The van der Waals surface area contributed by atoms with Gasteiger partial charge in [0.1, 0.15) is 17.1 Å². The van der Waals surface area contributed by atoms with Crippen LogP contribution < -0.4 is 5.32 Å². The lowest BCUT2D eigenvalue weighted by atomic mass is 9.88. The summed E-state index contributed by atoms with van der Waals surface area (Å²) in [5, 5.41) is 6.10. The van der Waals surface area contributed by atoms with E-state index in [4.69, 9.17) is 0 Å². The lowest BCUT2D eigenvalue weighted by Crippen LogP contribution is -2.58. The molecule has 1 aliphatic rings. The first-order valence-corrected chi connectivity index (χ1v) is 6.81. The second kappa shape index (κ2) is 4.87. The summed E-state index contributed by atoms with van der Waals surface area (Å²) in [7, 11) is 0. The van der Waals surface area contributed by atoms with Crippen molar-refractivity contribution in [1.29, 1.82) is 0 Å². The molecule has 0 radical (unpaired) electrons. The fourth-order valence-electron chi connectivity index (χ4n) is 2.43. The molecule has 0 saturated heterocycles. The Morgan fingerprint density at radius 1 is 1.38 bits per heavy atom. The highest BCUT2D eigenvalue weighted by Crippen LogP contribution is 2.36. The average molecular weight is 360 g/mol. The molecule has 21 heavy (non-hydrogen) atoms. The van der Waals surface area contributed by atoms with E-state index in [2.05, 4.69) is 26.3 Å². The van der Waals surface area contributed by atoms with Gasteiger partial charge in [0.2, 0.25) is 0 Å². The molecule has 1 aromatic heterocycles. The Balaban J connectivity index is 2.19. The number of halogens is 4. The molecule has 1 amide bonds. The van der Waals surface area contributed by atoms with E-state index >= 15 is 0 Å². The number of carbonyl (C=O) groups is 1. The predicted molar refractivity (Wildman–Crippen MR) is 71.5 cm³/mol. The summed E-state index contributed by atoms with van der Waals surface area (Å²) in [5.74, 6) is -1.52. The third-order valence-electron chi connectivity index (χ3n) is 3.47. The number of amides is 1. The zero-order valence-electron chi connectivity index (χ0n) is 10.5. The largest absolute Gasteiger partial charge is 0.334 e. The van der Waals surface area contributed by atoms with Gasteiger partial charge in [0.25, 0.3) is 12.3 Å². The van der Waals surface area contributed by atoms with Gasteiger partial charge in [-0.1, -0.05) is 15.9 Å². The zero-order chi connectivity index (χ0) is 15.2. The van der Waals surface area contributed by atoms with Crippen LogP contribution in [0.15, 0.2) is 34.9 Å². The molecule has 1 N–H and O–H groups in total. The number of rotatable bonds is 2. The smallest absolute Gasteiger partial charge is 0.270 e. The summed E-state index contributed by atoms with van der Waals surface area (Å²) >= 11 is 3.13. The van der Waals surface area contributed by atoms with Crippen LogP contribution in [0.3, 0.4) is 0 Å². The van der Waals surface area contributed by atoms with Gasteiger partial charge < -0.3 is 5.32 Å². The summed E-state index contributed by atoms with van der Waals surface area (Å²) in [6.45, 7) is -0.341. The van der Waals surface area contributed by atoms with Crippen LogP contribution in [0.5, 0.6) is 0 Å². The maximum absolute atomic E-state index is 14.1. The number of alkyl halides is 2. The van der Waals surface area contributed by atoms with Crippen LogP contribution in [-0.2, 0) is 12.1 Å². The molecule has 2 aromatic rings. The van der Waals surface area contributed by atoms with Crippen molar-refractivity contribution in [3.8, 4) is 0 Å². The molecule has 3 rings (SSSR count). The van der Waals surface area contributed by atoms with E-state index in [0.29, 0.717) is 4.47 Å². The summed E-state index contributed by atoms with van der Waals surface area (Å²) in [6, 6.07) is 5.15. The minimum Gasteiger partial charge on any atom is -0.334 e. The van der Waals surface area contributed by atoms with Crippen molar-refractivity contribution in [3.05, 3.63) is 52.0 Å².